The van der Waals surface area contributed by atoms with Crippen LogP contribution in [0.25, 0.3) is 0 Å². The normalized spacial score (nSPS) is 21.8. The van der Waals surface area contributed by atoms with Crippen LogP contribution < -0.4 is 5.32 Å². The molecule has 2 heterocycles. The van der Waals surface area contributed by atoms with Gasteiger partial charge < -0.3 is 15.1 Å². The van der Waals surface area contributed by atoms with Gasteiger partial charge in [-0.05, 0) is 63.0 Å². The summed E-state index contributed by atoms with van der Waals surface area (Å²) in [6.45, 7) is 5.23. The fourth-order valence-corrected chi connectivity index (χ4v) is 5.50. The molecule has 3 aromatic rings. The Labute approximate surface area is 226 Å². The zero-order chi connectivity index (χ0) is 26.5. The zero-order valence-corrected chi connectivity index (χ0v) is 22.5. The lowest BCUT2D eigenvalue weighted by Gasteiger charge is -2.57. The van der Waals surface area contributed by atoms with Crippen molar-refractivity contribution < 1.29 is 4.79 Å². The van der Waals surface area contributed by atoms with E-state index in [1.807, 2.05) is 66.4 Å². The molecule has 0 aromatic heterocycles. The molecule has 2 aliphatic rings. The molecule has 0 unspecified atom stereocenters. The molecule has 0 aliphatic carbocycles. The number of anilines is 1. The minimum Gasteiger partial charge on any atom is -0.319 e. The minimum atomic E-state index is -0.0540. The van der Waals surface area contributed by atoms with E-state index in [0.29, 0.717) is 25.0 Å². The number of likely N-dealkylation sites (N-methyl/N-ethyl adjacent to an activating group) is 1. The summed E-state index contributed by atoms with van der Waals surface area (Å²) in [6, 6.07) is 27.3. The van der Waals surface area contributed by atoms with Crippen LogP contribution in [0.2, 0.25) is 0 Å². The average Bonchev–Trinajstić information content (AvgIpc) is 2.91. The van der Waals surface area contributed by atoms with Crippen LogP contribution in [0.1, 0.15) is 28.2 Å². The Kier molecular flexibility index (Phi) is 7.93. The van der Waals surface area contributed by atoms with E-state index in [0.717, 1.165) is 29.9 Å². The van der Waals surface area contributed by atoms with Gasteiger partial charge in [0.2, 0.25) is 0 Å². The average molecular weight is 505 g/mol. The lowest BCUT2D eigenvalue weighted by molar-refractivity contribution is -0.0288. The number of carbonyl (C=O) groups is 1. The molecule has 0 saturated carbocycles. The highest BCUT2D eigenvalue weighted by atomic mass is 16.2. The van der Waals surface area contributed by atoms with Gasteiger partial charge >= 0.3 is 6.03 Å². The molecule has 3 aromatic carbocycles. The maximum Gasteiger partial charge on any atom is 0.322 e. The third-order valence-corrected chi connectivity index (χ3v) is 7.46. The number of nitrogens with zero attached hydrogens (tertiary/aromatic N) is 3. The van der Waals surface area contributed by atoms with E-state index in [4.69, 9.17) is 0 Å². The fourth-order valence-electron chi connectivity index (χ4n) is 5.50. The Morgan fingerprint density at radius 1 is 0.895 bits per heavy atom. The molecule has 1 saturated heterocycles. The smallest absolute Gasteiger partial charge is 0.319 e. The van der Waals surface area contributed by atoms with Crippen LogP contribution in [0.4, 0.5) is 10.5 Å². The lowest BCUT2D eigenvalue weighted by Crippen LogP contribution is -2.68. The summed E-state index contributed by atoms with van der Waals surface area (Å²) in [4.78, 5) is 20.0. The molecule has 5 rings (SSSR count). The third-order valence-electron chi connectivity index (χ3n) is 7.46. The van der Waals surface area contributed by atoms with E-state index in [1.54, 1.807) is 0 Å². The number of carbonyl (C=O) groups excluding carboxylic acids is 1. The third kappa shape index (κ3) is 5.99. The van der Waals surface area contributed by atoms with Crippen molar-refractivity contribution in [1.29, 1.82) is 0 Å². The predicted molar refractivity (Wildman–Crippen MR) is 155 cm³/mol. The summed E-state index contributed by atoms with van der Waals surface area (Å²) < 4.78 is 0. The lowest BCUT2D eigenvalue weighted by atomic mass is 9.74. The highest BCUT2D eigenvalue weighted by Gasteiger charge is 2.49. The van der Waals surface area contributed by atoms with Gasteiger partial charge in [-0.1, -0.05) is 72.0 Å². The molecule has 3 atom stereocenters. The summed E-state index contributed by atoms with van der Waals surface area (Å²) in [5.74, 6) is 6.88. The summed E-state index contributed by atoms with van der Waals surface area (Å²) in [5.41, 5.74) is 5.34. The number of benzene rings is 3. The van der Waals surface area contributed by atoms with Crippen molar-refractivity contribution in [1.82, 2.24) is 14.7 Å². The summed E-state index contributed by atoms with van der Waals surface area (Å²) in [7, 11) is 4.27. The molecular weight excluding hydrogens is 468 g/mol. The van der Waals surface area contributed by atoms with Crippen molar-refractivity contribution in [2.24, 2.45) is 0 Å². The molecule has 5 heteroatoms. The van der Waals surface area contributed by atoms with Crippen LogP contribution in [0.15, 0.2) is 91.0 Å². The van der Waals surface area contributed by atoms with Crippen LogP contribution in [0.5, 0.6) is 0 Å². The van der Waals surface area contributed by atoms with Gasteiger partial charge in [0, 0.05) is 61.0 Å². The van der Waals surface area contributed by atoms with Crippen LogP contribution in [0, 0.1) is 18.8 Å². The topological polar surface area (TPSA) is 38.8 Å². The van der Waals surface area contributed by atoms with Gasteiger partial charge in [0.25, 0.3) is 0 Å². The number of hydrogen-bond donors (Lipinski definition) is 1. The second-order valence-electron chi connectivity index (χ2n) is 10.5. The first-order valence-corrected chi connectivity index (χ1v) is 13.3. The van der Waals surface area contributed by atoms with Crippen molar-refractivity contribution in [3.63, 3.8) is 0 Å². The summed E-state index contributed by atoms with van der Waals surface area (Å²) in [6.07, 6.45) is 4.32. The van der Waals surface area contributed by atoms with Crippen LogP contribution >= 0.6 is 0 Å². The Bertz CT molecular complexity index is 1320. The van der Waals surface area contributed by atoms with Crippen LogP contribution in [0.3, 0.4) is 0 Å². The van der Waals surface area contributed by atoms with E-state index < -0.39 is 0 Å². The molecule has 5 nitrogen and oxygen atoms in total. The van der Waals surface area contributed by atoms with Gasteiger partial charge in [-0.3, -0.25) is 4.90 Å². The van der Waals surface area contributed by atoms with Crippen molar-refractivity contribution in [3.05, 3.63) is 113 Å². The molecule has 2 aliphatic heterocycles. The molecule has 1 N–H and O–H groups in total. The molecule has 38 heavy (non-hydrogen) atoms. The maximum atomic E-state index is 13.3. The molecule has 194 valence electrons. The molecule has 0 bridgehead atoms. The van der Waals surface area contributed by atoms with Crippen LogP contribution in [-0.2, 0) is 0 Å². The number of amides is 2. The Hall–Kier alpha value is -3.85. The second-order valence-corrected chi connectivity index (χ2v) is 10.5. The first-order chi connectivity index (χ1) is 18.5. The number of hydrogen-bond acceptors (Lipinski definition) is 3. The van der Waals surface area contributed by atoms with Crippen molar-refractivity contribution in [2.45, 2.75) is 24.9 Å². The van der Waals surface area contributed by atoms with Crippen molar-refractivity contribution in [2.75, 3.05) is 45.6 Å². The van der Waals surface area contributed by atoms with E-state index >= 15 is 0 Å². The molecular formula is C33H36N4O. The quantitative estimate of drug-likeness (QED) is 0.392. The van der Waals surface area contributed by atoms with E-state index in [-0.39, 0.29) is 12.1 Å². The Morgan fingerprint density at radius 2 is 1.55 bits per heavy atom. The van der Waals surface area contributed by atoms with Gasteiger partial charge in [-0.25, -0.2) is 4.79 Å². The SMILES string of the molecule is Cc1ccc(NC(=O)N2C/C=C\CN3[C@H](CN(C)C)[C@H](c4ccc(C#Cc5ccccc5)cc4)[C@@H]3C2)cc1. The first kappa shape index (κ1) is 25.8. The minimum absolute atomic E-state index is 0.0540. The second kappa shape index (κ2) is 11.7. The van der Waals surface area contributed by atoms with Crippen molar-refractivity contribution in [3.8, 4) is 11.8 Å². The predicted octanol–water partition coefficient (Wildman–Crippen LogP) is 5.20. The number of fused-ring (bicyclic) bond motifs is 1. The molecule has 0 radical (unpaired) electrons. The highest BCUT2D eigenvalue weighted by Crippen LogP contribution is 2.42. The Balaban J connectivity index is 1.35. The zero-order valence-electron chi connectivity index (χ0n) is 22.5. The molecule has 2 amide bonds. The fraction of sp³-hybridized carbons (Fsp3) is 0.303. The number of nitrogens with one attached hydrogen (secondary N) is 1. The summed E-state index contributed by atoms with van der Waals surface area (Å²) >= 11 is 0. The van der Waals surface area contributed by atoms with Gasteiger partial charge in [0.05, 0.1) is 0 Å². The van der Waals surface area contributed by atoms with E-state index in [2.05, 4.69) is 77.5 Å². The largest absolute Gasteiger partial charge is 0.322 e. The van der Waals surface area contributed by atoms with Gasteiger partial charge in [0.1, 0.15) is 0 Å². The number of rotatable bonds is 4. The standard InChI is InChI=1S/C33H36N4O/c1-25-11-19-29(20-12-25)34-33(38)36-21-7-8-22-37-30(23-35(2)3)32(31(37)24-36)28-17-15-27(16-18-28)14-13-26-9-5-4-6-10-26/h4-12,15-20,30-32H,21-24H2,1-3H3,(H,34,38)/b8-7-/t30-,31+,32+/m1/s1. The van der Waals surface area contributed by atoms with Gasteiger partial charge in [-0.15, -0.1) is 0 Å². The molecule has 1 fully saturated rings. The van der Waals surface area contributed by atoms with Gasteiger partial charge in [0.15, 0.2) is 0 Å². The van der Waals surface area contributed by atoms with Gasteiger partial charge in [-0.2, -0.15) is 0 Å². The van der Waals surface area contributed by atoms with E-state index in [9.17, 15) is 4.79 Å². The van der Waals surface area contributed by atoms with Crippen molar-refractivity contribution >= 4 is 11.7 Å². The van der Waals surface area contributed by atoms with E-state index in [1.165, 1.54) is 11.1 Å². The number of aryl methyl sites for hydroxylation is 1. The Morgan fingerprint density at radius 3 is 2.24 bits per heavy atom. The summed E-state index contributed by atoms with van der Waals surface area (Å²) in [5, 5.41) is 3.09. The molecule has 0 spiro atoms. The van der Waals surface area contributed by atoms with Crippen LogP contribution in [-0.4, -0.2) is 73.1 Å². The number of urea groups is 1. The maximum absolute atomic E-state index is 13.3. The first-order valence-electron chi connectivity index (χ1n) is 13.3. The highest BCUT2D eigenvalue weighted by molar-refractivity contribution is 5.89. The monoisotopic (exact) mass is 504 g/mol.